The highest BCUT2D eigenvalue weighted by Crippen LogP contribution is 2.70. The molecule has 200 valence electrons. The fourth-order valence-electron chi connectivity index (χ4n) is 8.05. The van der Waals surface area contributed by atoms with Gasteiger partial charge < -0.3 is 24.8 Å². The second kappa shape index (κ2) is 8.82. The van der Waals surface area contributed by atoms with Crippen molar-refractivity contribution in [3.63, 3.8) is 0 Å². The quantitative estimate of drug-likeness (QED) is 0.531. The van der Waals surface area contributed by atoms with E-state index < -0.39 is 59.0 Å². The van der Waals surface area contributed by atoms with E-state index in [1.54, 1.807) is 26.8 Å². The van der Waals surface area contributed by atoms with Crippen molar-refractivity contribution in [2.24, 2.45) is 28.6 Å². The van der Waals surface area contributed by atoms with Gasteiger partial charge in [-0.2, -0.15) is 0 Å². The molecule has 1 heterocycles. The first kappa shape index (κ1) is 27.1. The van der Waals surface area contributed by atoms with E-state index in [0.717, 1.165) is 0 Å². The van der Waals surface area contributed by atoms with Crippen LogP contribution in [0.1, 0.15) is 60.3 Å². The second-order valence-electron chi connectivity index (χ2n) is 11.7. The van der Waals surface area contributed by atoms with Crippen molar-refractivity contribution in [3.8, 4) is 0 Å². The molecule has 0 radical (unpaired) electrons. The summed E-state index contributed by atoms with van der Waals surface area (Å²) in [5.41, 5.74) is -2.50. The summed E-state index contributed by atoms with van der Waals surface area (Å²) in [4.78, 5) is 34.5. The van der Waals surface area contributed by atoms with Gasteiger partial charge >= 0.3 is 5.97 Å². The molecule has 9 heteroatoms. The Hall–Kier alpha value is -1.94. The van der Waals surface area contributed by atoms with Gasteiger partial charge in [-0.25, -0.2) is 4.39 Å². The zero-order valence-corrected chi connectivity index (χ0v) is 21.5. The first-order valence-electron chi connectivity index (χ1n) is 12.7. The molecule has 0 unspecified atom stereocenters. The van der Waals surface area contributed by atoms with Crippen LogP contribution in [0.25, 0.3) is 0 Å². The lowest BCUT2D eigenvalue weighted by molar-refractivity contribution is -0.226. The summed E-state index contributed by atoms with van der Waals surface area (Å²) in [6.45, 7) is 8.25. The van der Waals surface area contributed by atoms with E-state index in [-0.39, 0.29) is 42.8 Å². The van der Waals surface area contributed by atoms with E-state index in [1.807, 2.05) is 13.8 Å². The van der Waals surface area contributed by atoms with Crippen LogP contribution in [0.15, 0.2) is 23.8 Å². The normalized spacial score (nSPS) is 45.9. The number of aliphatic carboxylic acids is 1. The van der Waals surface area contributed by atoms with Gasteiger partial charge in [-0.05, 0) is 62.7 Å². The monoisotopic (exact) mass is 508 g/mol. The number of aliphatic hydroxyl groups is 2. The number of aliphatic hydroxyl groups excluding tert-OH is 2. The molecule has 0 amide bonds. The number of carbonyl (C=O) groups excluding carboxylic acids is 2. The van der Waals surface area contributed by atoms with Crippen molar-refractivity contribution in [2.75, 3.05) is 6.61 Å². The van der Waals surface area contributed by atoms with Crippen LogP contribution in [0.5, 0.6) is 0 Å². The number of hydrogen-bond donors (Lipinski definition) is 3. The van der Waals surface area contributed by atoms with E-state index in [2.05, 4.69) is 0 Å². The molecule has 9 atom stereocenters. The minimum absolute atomic E-state index is 0.125. The van der Waals surface area contributed by atoms with Crippen molar-refractivity contribution in [3.05, 3.63) is 23.8 Å². The first-order chi connectivity index (χ1) is 16.7. The van der Waals surface area contributed by atoms with Crippen molar-refractivity contribution < 1.29 is 43.6 Å². The maximum absolute atomic E-state index is 15.4. The Morgan fingerprint density at radius 1 is 1.19 bits per heavy atom. The molecule has 0 aromatic carbocycles. The van der Waals surface area contributed by atoms with Gasteiger partial charge in [0.1, 0.15) is 12.8 Å². The van der Waals surface area contributed by atoms with E-state index in [0.29, 0.717) is 12.0 Å². The van der Waals surface area contributed by atoms with Crippen LogP contribution < -0.4 is 0 Å². The number of carboxylic acid groups (broad SMARTS) is 1. The fraction of sp³-hybridized carbons (Fsp3) is 0.741. The smallest absolute Gasteiger partial charge is 0.303 e. The molecule has 0 spiro atoms. The van der Waals surface area contributed by atoms with E-state index in [4.69, 9.17) is 14.6 Å². The zero-order chi connectivity index (χ0) is 26.8. The van der Waals surface area contributed by atoms with Crippen LogP contribution in [0, 0.1) is 28.6 Å². The molecule has 1 aliphatic heterocycles. The molecular formula is C27H37FO8. The molecule has 4 fully saturated rings. The molecule has 36 heavy (non-hydrogen) atoms. The second-order valence-corrected chi connectivity index (χ2v) is 11.7. The van der Waals surface area contributed by atoms with Crippen molar-refractivity contribution in [1.29, 1.82) is 0 Å². The zero-order valence-electron chi connectivity index (χ0n) is 21.5. The predicted molar refractivity (Wildman–Crippen MR) is 126 cm³/mol. The third-order valence-electron chi connectivity index (χ3n) is 9.33. The van der Waals surface area contributed by atoms with Crippen LogP contribution in [-0.4, -0.2) is 69.2 Å². The Morgan fingerprint density at radius 2 is 1.83 bits per heavy atom. The summed E-state index contributed by atoms with van der Waals surface area (Å²) in [6.07, 6.45) is 3.12. The molecular weight excluding hydrogens is 471 g/mol. The number of hydrogen-bond acceptors (Lipinski definition) is 7. The minimum atomic E-state index is -1.37. The molecule has 8 nitrogen and oxygen atoms in total. The molecule has 1 saturated heterocycles. The van der Waals surface area contributed by atoms with Gasteiger partial charge in [0.2, 0.25) is 0 Å². The Morgan fingerprint density at radius 3 is 2.42 bits per heavy atom. The van der Waals surface area contributed by atoms with Gasteiger partial charge in [-0.3, -0.25) is 14.4 Å². The van der Waals surface area contributed by atoms with E-state index in [1.165, 1.54) is 12.2 Å². The summed E-state index contributed by atoms with van der Waals surface area (Å²) < 4.78 is 27.9. The molecule has 0 aromatic heterocycles. The van der Waals surface area contributed by atoms with Gasteiger partial charge in [0.25, 0.3) is 0 Å². The summed E-state index contributed by atoms with van der Waals surface area (Å²) in [5, 5.41) is 29.0. The van der Waals surface area contributed by atoms with Gasteiger partial charge in [-0.1, -0.05) is 26.8 Å². The third kappa shape index (κ3) is 3.73. The van der Waals surface area contributed by atoms with Crippen LogP contribution in [0.4, 0.5) is 4.39 Å². The van der Waals surface area contributed by atoms with Gasteiger partial charge in [0.05, 0.1) is 12.2 Å². The topological polar surface area (TPSA) is 130 Å². The minimum Gasteiger partial charge on any atom is -0.481 e. The van der Waals surface area contributed by atoms with E-state index >= 15 is 4.39 Å². The van der Waals surface area contributed by atoms with Crippen LogP contribution in [-0.2, 0) is 23.9 Å². The molecule has 5 rings (SSSR count). The maximum Gasteiger partial charge on any atom is 0.303 e. The first-order valence-corrected chi connectivity index (χ1v) is 12.7. The summed E-state index contributed by atoms with van der Waals surface area (Å²) in [7, 11) is 0. The summed E-state index contributed by atoms with van der Waals surface area (Å²) >= 11 is 0. The highest BCUT2D eigenvalue weighted by molar-refractivity contribution is 6.01. The van der Waals surface area contributed by atoms with Crippen molar-refractivity contribution in [2.45, 2.75) is 90.1 Å². The van der Waals surface area contributed by atoms with Crippen molar-refractivity contribution >= 4 is 17.5 Å². The number of carboxylic acids is 1. The highest BCUT2D eigenvalue weighted by Gasteiger charge is 2.77. The molecule has 3 N–H and O–H groups in total. The number of ketones is 2. The molecule has 0 bridgehead atoms. The third-order valence-corrected chi connectivity index (χ3v) is 9.33. The Balaban J connectivity index is 0.000000556. The molecule has 0 aromatic rings. The van der Waals surface area contributed by atoms with Gasteiger partial charge in [-0.15, -0.1) is 0 Å². The number of fused-ring (bicyclic) bond motifs is 7. The number of ether oxygens (including phenoxy) is 2. The summed E-state index contributed by atoms with van der Waals surface area (Å²) in [5.74, 6) is -3.02. The van der Waals surface area contributed by atoms with E-state index in [9.17, 15) is 24.6 Å². The number of allylic oxidation sites excluding steroid dienone is 4. The average molecular weight is 509 g/mol. The molecule has 5 aliphatic rings. The Labute approximate surface area is 210 Å². The average Bonchev–Trinajstić information content (AvgIpc) is 3.20. The number of alkyl halides is 1. The largest absolute Gasteiger partial charge is 0.481 e. The number of Topliss-reactive ketones (excluding diaryl/α,β-unsaturated/α-hetero) is 1. The lowest BCUT2D eigenvalue weighted by Crippen LogP contribution is -2.64. The maximum atomic E-state index is 15.4. The van der Waals surface area contributed by atoms with Crippen LogP contribution in [0.2, 0.25) is 0 Å². The SMILES string of the molecule is CC1(C)O[C@@H]2C[C@H]3[C@@H]4C[C@H](F)C5=CC(=O)C=C[C@]5(C)[C@H]4[C@@H](O)C[C@]3(C)[C@]2(C(=O)CO)O1.CCC(=O)O. The predicted octanol–water partition coefficient (Wildman–Crippen LogP) is 2.76. The number of carbonyl (C=O) groups is 3. The van der Waals surface area contributed by atoms with Crippen LogP contribution in [0.3, 0.4) is 0 Å². The standard InChI is InChI=1S/C24H31FO6.C3H6O2/c1-21(2)30-19-9-14-13-8-16(25)15-7-12(27)5-6-22(15,3)20(13)17(28)10-23(14,4)24(19,31-21)18(29)11-26;1-2-3(4)5/h5-7,13-14,16-17,19-20,26,28H,8-11H2,1-4H3;2H2,1H3,(H,4,5)/t13-,14-,16-,17-,19+,20+,22-,23-,24+;/m0./s1. The lowest BCUT2D eigenvalue weighted by atomic mass is 9.46. The highest BCUT2D eigenvalue weighted by atomic mass is 19.1. The Bertz CT molecular complexity index is 1020. The number of halogens is 1. The van der Waals surface area contributed by atoms with Gasteiger partial charge in [0, 0.05) is 23.2 Å². The molecule has 4 aliphatic carbocycles. The molecule has 3 saturated carbocycles. The Kier molecular flexibility index (Phi) is 6.64. The van der Waals surface area contributed by atoms with Crippen LogP contribution >= 0.6 is 0 Å². The lowest BCUT2D eigenvalue weighted by Gasteiger charge is -2.60. The van der Waals surface area contributed by atoms with Crippen molar-refractivity contribution in [1.82, 2.24) is 0 Å². The number of rotatable bonds is 3. The fourth-order valence-corrected chi connectivity index (χ4v) is 8.05. The van der Waals surface area contributed by atoms with Gasteiger partial charge in [0.15, 0.2) is 23.0 Å². The summed E-state index contributed by atoms with van der Waals surface area (Å²) in [6, 6.07) is 0.